The van der Waals surface area contributed by atoms with Crippen molar-refractivity contribution < 1.29 is 9.59 Å². The molecule has 0 aromatic heterocycles. The minimum atomic E-state index is -0.118. The molecule has 34 heavy (non-hydrogen) atoms. The van der Waals surface area contributed by atoms with Crippen LogP contribution in [0.2, 0.25) is 0 Å². The fourth-order valence-corrected chi connectivity index (χ4v) is 4.41. The predicted octanol–water partition coefficient (Wildman–Crippen LogP) is 5.74. The average Bonchev–Trinajstić information content (AvgIpc) is 3.07. The lowest BCUT2D eigenvalue weighted by atomic mass is 10.1. The summed E-state index contributed by atoms with van der Waals surface area (Å²) in [5.74, 6) is 0.0125. The number of amides is 3. The van der Waals surface area contributed by atoms with Crippen LogP contribution in [-0.4, -0.2) is 24.5 Å². The maximum atomic E-state index is 13.0. The number of fused-ring (bicyclic) bond motifs is 1. The van der Waals surface area contributed by atoms with Crippen molar-refractivity contribution in [3.8, 4) is 0 Å². The molecule has 176 valence electrons. The lowest BCUT2D eigenvalue weighted by Gasteiger charge is -2.23. The number of nitrogens with zero attached hydrogens (tertiary/aromatic N) is 1. The quantitative estimate of drug-likeness (QED) is 0.477. The van der Waals surface area contributed by atoms with E-state index in [4.69, 9.17) is 0 Å². The molecule has 3 amide bonds. The van der Waals surface area contributed by atoms with Crippen LogP contribution in [0.1, 0.15) is 42.9 Å². The first-order valence-electron chi connectivity index (χ1n) is 12.2. The summed E-state index contributed by atoms with van der Waals surface area (Å²) in [6, 6.07) is 26.0. The van der Waals surface area contributed by atoms with Crippen LogP contribution in [0.15, 0.2) is 78.9 Å². The van der Waals surface area contributed by atoms with E-state index in [-0.39, 0.29) is 18.0 Å². The van der Waals surface area contributed by atoms with Crippen molar-refractivity contribution >= 4 is 23.3 Å². The minimum Gasteiger partial charge on any atom is -0.353 e. The second-order valence-corrected chi connectivity index (χ2v) is 9.03. The Bertz CT molecular complexity index is 1100. The molecule has 0 saturated heterocycles. The van der Waals surface area contributed by atoms with E-state index in [9.17, 15) is 9.59 Å². The van der Waals surface area contributed by atoms with Gasteiger partial charge in [-0.3, -0.25) is 9.69 Å². The van der Waals surface area contributed by atoms with Crippen LogP contribution >= 0.6 is 0 Å². The van der Waals surface area contributed by atoms with Crippen molar-refractivity contribution in [2.24, 2.45) is 0 Å². The van der Waals surface area contributed by atoms with Gasteiger partial charge in [-0.25, -0.2) is 4.79 Å². The summed E-state index contributed by atoms with van der Waals surface area (Å²) in [6.07, 6.45) is 5.24. The Morgan fingerprint density at radius 2 is 1.62 bits per heavy atom. The Morgan fingerprint density at radius 1 is 0.882 bits per heavy atom. The van der Waals surface area contributed by atoms with E-state index in [1.54, 1.807) is 0 Å². The molecule has 4 rings (SSSR count). The number of aryl methyl sites for hydroxylation is 2. The summed E-state index contributed by atoms with van der Waals surface area (Å²) in [6.45, 7) is 2.75. The molecule has 3 aromatic rings. The molecule has 0 saturated carbocycles. The van der Waals surface area contributed by atoms with Crippen LogP contribution in [-0.2, 0) is 24.1 Å². The molecule has 1 aliphatic rings. The topological polar surface area (TPSA) is 61.4 Å². The molecule has 5 nitrogen and oxygen atoms in total. The molecule has 5 heteroatoms. The summed E-state index contributed by atoms with van der Waals surface area (Å²) < 4.78 is 0. The number of anilines is 2. The highest BCUT2D eigenvalue weighted by atomic mass is 16.2. The number of carbonyl (C=O) groups excluding carboxylic acids is 2. The highest BCUT2D eigenvalue weighted by Gasteiger charge is 2.21. The van der Waals surface area contributed by atoms with Crippen molar-refractivity contribution in [2.75, 3.05) is 16.8 Å². The van der Waals surface area contributed by atoms with Crippen molar-refractivity contribution in [1.29, 1.82) is 0 Å². The van der Waals surface area contributed by atoms with Gasteiger partial charge in [-0.1, -0.05) is 60.7 Å². The number of carbonyl (C=O) groups is 2. The van der Waals surface area contributed by atoms with Crippen LogP contribution in [0.25, 0.3) is 0 Å². The second kappa shape index (κ2) is 11.5. The Kier molecular flexibility index (Phi) is 7.97. The minimum absolute atomic E-state index is 0.0125. The maximum absolute atomic E-state index is 13.0. The fourth-order valence-electron chi connectivity index (χ4n) is 4.41. The molecule has 1 atom stereocenters. The van der Waals surface area contributed by atoms with Gasteiger partial charge < -0.3 is 10.6 Å². The smallest absolute Gasteiger partial charge is 0.326 e. The van der Waals surface area contributed by atoms with E-state index in [0.29, 0.717) is 13.0 Å². The third kappa shape index (κ3) is 6.47. The fraction of sp³-hybridized carbons (Fsp3) is 0.310. The van der Waals surface area contributed by atoms with Crippen LogP contribution in [0.4, 0.5) is 16.2 Å². The molecule has 2 N–H and O–H groups in total. The van der Waals surface area contributed by atoms with Crippen molar-refractivity contribution in [2.45, 2.75) is 51.5 Å². The number of hydrogen-bond acceptors (Lipinski definition) is 2. The standard InChI is InChI=1S/C29H33N3O2/c1-22(14-15-23-9-3-2-4-10-23)30-28(33)21-24-16-18-26(19-17-24)31-29(34)32-20-8-7-12-25-11-5-6-13-27(25)32/h2-6,9-11,13,16-19,22H,7-8,12,14-15,20-21H2,1H3,(H,30,33)(H,31,34)/t22-/m0/s1. The number of hydrogen-bond donors (Lipinski definition) is 2. The van der Waals surface area contributed by atoms with Gasteiger partial charge in [0.25, 0.3) is 0 Å². The lowest BCUT2D eigenvalue weighted by molar-refractivity contribution is -0.121. The highest BCUT2D eigenvalue weighted by molar-refractivity contribution is 6.02. The zero-order chi connectivity index (χ0) is 23.8. The monoisotopic (exact) mass is 455 g/mol. The van der Waals surface area contributed by atoms with Gasteiger partial charge in [0.2, 0.25) is 5.91 Å². The summed E-state index contributed by atoms with van der Waals surface area (Å²) >= 11 is 0. The molecule has 1 aliphatic heterocycles. The first-order chi connectivity index (χ1) is 16.6. The molecule has 1 heterocycles. The normalized spacial score (nSPS) is 14.0. The molecule has 0 spiro atoms. The SMILES string of the molecule is C[C@@H](CCc1ccccc1)NC(=O)Cc1ccc(NC(=O)N2CCCCc3ccccc32)cc1. The number of urea groups is 1. The Labute approximate surface area is 202 Å². The van der Waals surface area contributed by atoms with E-state index in [2.05, 4.69) is 28.8 Å². The van der Waals surface area contributed by atoms with Gasteiger partial charge in [0.05, 0.1) is 6.42 Å². The predicted molar refractivity (Wildman–Crippen MR) is 138 cm³/mol. The molecule has 0 radical (unpaired) electrons. The van der Waals surface area contributed by atoms with E-state index in [0.717, 1.165) is 49.0 Å². The molecule has 3 aromatic carbocycles. The van der Waals surface area contributed by atoms with E-state index >= 15 is 0 Å². The van der Waals surface area contributed by atoms with Crippen molar-refractivity contribution in [3.05, 3.63) is 95.6 Å². The average molecular weight is 456 g/mol. The summed E-state index contributed by atoms with van der Waals surface area (Å²) in [7, 11) is 0. The van der Waals surface area contributed by atoms with Crippen molar-refractivity contribution in [1.82, 2.24) is 5.32 Å². The third-order valence-corrected chi connectivity index (χ3v) is 6.29. The van der Waals surface area contributed by atoms with E-state index in [1.165, 1.54) is 11.1 Å². The van der Waals surface area contributed by atoms with E-state index in [1.807, 2.05) is 72.5 Å². The van der Waals surface area contributed by atoms with E-state index < -0.39 is 0 Å². The van der Waals surface area contributed by atoms with Crippen LogP contribution in [0.5, 0.6) is 0 Å². The summed E-state index contributed by atoms with van der Waals surface area (Å²) in [5.41, 5.74) is 5.14. The largest absolute Gasteiger partial charge is 0.353 e. The zero-order valence-electron chi connectivity index (χ0n) is 19.8. The molecular formula is C29H33N3O2. The number of benzene rings is 3. The van der Waals surface area contributed by atoms with Crippen LogP contribution in [0.3, 0.4) is 0 Å². The third-order valence-electron chi connectivity index (χ3n) is 6.29. The van der Waals surface area contributed by atoms with Gasteiger partial charge in [0.15, 0.2) is 0 Å². The number of para-hydroxylation sites is 1. The number of rotatable bonds is 7. The van der Waals surface area contributed by atoms with Crippen LogP contribution < -0.4 is 15.5 Å². The zero-order valence-corrected chi connectivity index (χ0v) is 19.8. The first kappa shape index (κ1) is 23.6. The Morgan fingerprint density at radius 3 is 2.41 bits per heavy atom. The second-order valence-electron chi connectivity index (χ2n) is 9.03. The van der Waals surface area contributed by atoms with Gasteiger partial charge in [-0.2, -0.15) is 0 Å². The van der Waals surface area contributed by atoms with Gasteiger partial charge >= 0.3 is 6.03 Å². The van der Waals surface area contributed by atoms with Crippen LogP contribution in [0, 0.1) is 0 Å². The summed E-state index contributed by atoms with van der Waals surface area (Å²) in [5, 5.41) is 6.10. The molecule has 0 bridgehead atoms. The number of nitrogens with one attached hydrogen (secondary N) is 2. The molecule has 0 unspecified atom stereocenters. The van der Waals surface area contributed by atoms with Gasteiger partial charge in [-0.15, -0.1) is 0 Å². The van der Waals surface area contributed by atoms with Gasteiger partial charge in [-0.05, 0) is 73.9 Å². The highest BCUT2D eigenvalue weighted by Crippen LogP contribution is 2.26. The van der Waals surface area contributed by atoms with Crippen molar-refractivity contribution in [3.63, 3.8) is 0 Å². The Hall–Kier alpha value is -3.60. The molecule has 0 aliphatic carbocycles. The Balaban J connectivity index is 1.27. The summed E-state index contributed by atoms with van der Waals surface area (Å²) in [4.78, 5) is 27.3. The molecule has 0 fully saturated rings. The van der Waals surface area contributed by atoms with Gasteiger partial charge in [0, 0.05) is 24.0 Å². The maximum Gasteiger partial charge on any atom is 0.326 e. The first-order valence-corrected chi connectivity index (χ1v) is 12.2. The molecular weight excluding hydrogens is 422 g/mol. The lowest BCUT2D eigenvalue weighted by Crippen LogP contribution is -2.35. The van der Waals surface area contributed by atoms with Gasteiger partial charge in [0.1, 0.15) is 0 Å².